The van der Waals surface area contributed by atoms with Gasteiger partial charge in [0.25, 0.3) is 0 Å². The number of methoxy groups -OCH3 is 1. The van der Waals surface area contributed by atoms with Crippen LogP contribution in [0, 0.1) is 12.8 Å². The summed E-state index contributed by atoms with van der Waals surface area (Å²) in [7, 11) is 1.61. The highest BCUT2D eigenvalue weighted by Gasteiger charge is 2.33. The molecule has 4 rings (SSSR count). The average molecular weight is 467 g/mol. The lowest BCUT2D eigenvalue weighted by molar-refractivity contribution is -0.137. The number of carbonyl (C=O) groups is 2. The number of anilines is 2. The summed E-state index contributed by atoms with van der Waals surface area (Å²) in [4.78, 5) is 33.3. The highest BCUT2D eigenvalue weighted by molar-refractivity contribution is 5.94. The molecule has 0 bridgehead atoms. The molecule has 0 radical (unpaired) electrons. The summed E-state index contributed by atoms with van der Waals surface area (Å²) in [5, 5.41) is 3.05. The van der Waals surface area contributed by atoms with E-state index in [1.807, 2.05) is 36.1 Å². The van der Waals surface area contributed by atoms with Crippen LogP contribution in [-0.2, 0) is 19.1 Å². The minimum Gasteiger partial charge on any atom is -0.382 e. The Kier molecular flexibility index (Phi) is 8.13. The summed E-state index contributed by atoms with van der Waals surface area (Å²) in [5.74, 6) is 0.511. The van der Waals surface area contributed by atoms with E-state index in [1.165, 1.54) is 5.56 Å². The topological polar surface area (TPSA) is 84.0 Å². The van der Waals surface area contributed by atoms with Gasteiger partial charge in [-0.25, -0.2) is 0 Å². The number of piperidine rings is 1. The number of amides is 2. The van der Waals surface area contributed by atoms with E-state index in [9.17, 15) is 9.59 Å². The van der Waals surface area contributed by atoms with E-state index in [2.05, 4.69) is 27.3 Å². The van der Waals surface area contributed by atoms with Gasteiger partial charge in [-0.3, -0.25) is 14.6 Å². The van der Waals surface area contributed by atoms with Gasteiger partial charge in [0.15, 0.2) is 0 Å². The van der Waals surface area contributed by atoms with Gasteiger partial charge in [-0.2, -0.15) is 0 Å². The van der Waals surface area contributed by atoms with Crippen molar-refractivity contribution < 1.29 is 19.1 Å². The molecular weight excluding hydrogens is 432 g/mol. The minimum atomic E-state index is -0.0142. The van der Waals surface area contributed by atoms with Gasteiger partial charge >= 0.3 is 0 Å². The van der Waals surface area contributed by atoms with E-state index in [0.717, 1.165) is 43.0 Å². The molecule has 2 aliphatic rings. The zero-order valence-electron chi connectivity index (χ0n) is 20.0. The third-order valence-electron chi connectivity index (χ3n) is 6.73. The Morgan fingerprint density at radius 3 is 2.50 bits per heavy atom. The standard InChI is InChI=1S/C26H34N4O4/c1-19-24(4-3-11-27-19)30-16-22(17-30)26(32)28-23-7-5-20(6-8-23)21-9-12-29(13-10-21)25(31)18-34-15-14-33-2/h3-8,11,21-22H,9-10,12-18H2,1-2H3,(H,28,32). The number of aromatic nitrogens is 1. The van der Waals surface area contributed by atoms with Crippen molar-refractivity contribution in [1.29, 1.82) is 0 Å². The van der Waals surface area contributed by atoms with Crippen LogP contribution in [0.15, 0.2) is 42.6 Å². The van der Waals surface area contributed by atoms with Gasteiger partial charge in [0.05, 0.1) is 30.5 Å². The number of ether oxygens (including phenoxy) is 2. The second-order valence-electron chi connectivity index (χ2n) is 9.02. The molecule has 0 atom stereocenters. The maximum absolute atomic E-state index is 12.6. The van der Waals surface area contributed by atoms with Crippen molar-refractivity contribution in [2.75, 3.05) is 63.3 Å². The number of rotatable bonds is 9. The van der Waals surface area contributed by atoms with Gasteiger partial charge in [-0.1, -0.05) is 12.1 Å². The normalized spacial score (nSPS) is 16.9. The number of aryl methyl sites for hydroxylation is 1. The number of benzene rings is 1. The monoisotopic (exact) mass is 466 g/mol. The van der Waals surface area contributed by atoms with E-state index < -0.39 is 0 Å². The van der Waals surface area contributed by atoms with E-state index in [-0.39, 0.29) is 24.3 Å². The molecule has 0 aliphatic carbocycles. The molecule has 2 aliphatic heterocycles. The van der Waals surface area contributed by atoms with Crippen LogP contribution < -0.4 is 10.2 Å². The van der Waals surface area contributed by atoms with E-state index in [1.54, 1.807) is 13.3 Å². The van der Waals surface area contributed by atoms with Crippen LogP contribution in [-0.4, -0.2) is 74.8 Å². The predicted molar refractivity (Wildman–Crippen MR) is 131 cm³/mol. The quantitative estimate of drug-likeness (QED) is 0.572. The number of hydrogen-bond acceptors (Lipinski definition) is 6. The maximum atomic E-state index is 12.6. The van der Waals surface area contributed by atoms with Gasteiger partial charge < -0.3 is 24.6 Å². The van der Waals surface area contributed by atoms with Crippen molar-refractivity contribution in [3.05, 3.63) is 53.9 Å². The van der Waals surface area contributed by atoms with Crippen LogP contribution in [0.2, 0.25) is 0 Å². The molecule has 1 aromatic heterocycles. The molecule has 2 aromatic rings. The maximum Gasteiger partial charge on any atom is 0.248 e. The summed E-state index contributed by atoms with van der Waals surface area (Å²) in [6, 6.07) is 12.1. The smallest absolute Gasteiger partial charge is 0.248 e. The summed E-state index contributed by atoms with van der Waals surface area (Å²) in [6.07, 6.45) is 3.65. The van der Waals surface area contributed by atoms with Crippen LogP contribution in [0.25, 0.3) is 0 Å². The molecule has 182 valence electrons. The first kappa shape index (κ1) is 24.2. The van der Waals surface area contributed by atoms with Gasteiger partial charge in [-0.05, 0) is 55.5 Å². The van der Waals surface area contributed by atoms with Crippen LogP contribution in [0.5, 0.6) is 0 Å². The Labute approximate surface area is 201 Å². The number of hydrogen-bond donors (Lipinski definition) is 1. The Morgan fingerprint density at radius 1 is 1.09 bits per heavy atom. The Morgan fingerprint density at radius 2 is 1.82 bits per heavy atom. The summed E-state index contributed by atoms with van der Waals surface area (Å²) >= 11 is 0. The fourth-order valence-corrected chi connectivity index (χ4v) is 4.59. The molecule has 34 heavy (non-hydrogen) atoms. The molecule has 0 saturated carbocycles. The SMILES string of the molecule is COCCOCC(=O)N1CCC(c2ccc(NC(=O)C3CN(c4cccnc4C)C3)cc2)CC1. The number of likely N-dealkylation sites (tertiary alicyclic amines) is 1. The fourth-order valence-electron chi connectivity index (χ4n) is 4.59. The number of carbonyl (C=O) groups excluding carboxylic acids is 2. The van der Waals surface area contributed by atoms with Crippen LogP contribution in [0.1, 0.15) is 30.0 Å². The highest BCUT2D eigenvalue weighted by Crippen LogP contribution is 2.30. The molecular formula is C26H34N4O4. The number of pyridine rings is 1. The largest absolute Gasteiger partial charge is 0.382 e. The first-order chi connectivity index (χ1) is 16.5. The fraction of sp³-hybridized carbons (Fsp3) is 0.500. The second-order valence-corrected chi connectivity index (χ2v) is 9.02. The van der Waals surface area contributed by atoms with Crippen molar-refractivity contribution in [3.63, 3.8) is 0 Å². The van der Waals surface area contributed by atoms with Crippen LogP contribution >= 0.6 is 0 Å². The van der Waals surface area contributed by atoms with Gasteiger partial charge in [0.1, 0.15) is 6.61 Å². The van der Waals surface area contributed by atoms with Gasteiger partial charge in [-0.15, -0.1) is 0 Å². The number of nitrogens with zero attached hydrogens (tertiary/aromatic N) is 3. The molecule has 2 fully saturated rings. The van der Waals surface area contributed by atoms with E-state index in [0.29, 0.717) is 32.2 Å². The summed E-state index contributed by atoms with van der Waals surface area (Å²) < 4.78 is 10.3. The zero-order valence-corrected chi connectivity index (χ0v) is 20.0. The second kappa shape index (κ2) is 11.4. The van der Waals surface area contributed by atoms with Crippen molar-refractivity contribution in [2.45, 2.75) is 25.7 Å². The molecule has 3 heterocycles. The predicted octanol–water partition coefficient (Wildman–Crippen LogP) is 2.83. The summed E-state index contributed by atoms with van der Waals surface area (Å²) in [5.41, 5.74) is 4.17. The van der Waals surface area contributed by atoms with Gasteiger partial charge in [0, 0.05) is 45.2 Å². The lowest BCUT2D eigenvalue weighted by Crippen LogP contribution is -2.52. The zero-order chi connectivity index (χ0) is 23.9. The van der Waals surface area contributed by atoms with Crippen LogP contribution in [0.3, 0.4) is 0 Å². The Hall–Kier alpha value is -2.97. The molecule has 0 unspecified atom stereocenters. The average Bonchev–Trinajstić information content (AvgIpc) is 2.82. The lowest BCUT2D eigenvalue weighted by atomic mass is 9.89. The van der Waals surface area contributed by atoms with E-state index >= 15 is 0 Å². The van der Waals surface area contributed by atoms with Crippen molar-refractivity contribution >= 4 is 23.2 Å². The Bertz CT molecular complexity index is 967. The van der Waals surface area contributed by atoms with Crippen LogP contribution in [0.4, 0.5) is 11.4 Å². The van der Waals surface area contributed by atoms with E-state index in [4.69, 9.17) is 9.47 Å². The Balaban J connectivity index is 1.20. The molecule has 1 aromatic carbocycles. The van der Waals surface area contributed by atoms with Crippen molar-refractivity contribution in [1.82, 2.24) is 9.88 Å². The first-order valence-corrected chi connectivity index (χ1v) is 12.0. The number of nitrogens with one attached hydrogen (secondary N) is 1. The molecule has 0 spiro atoms. The van der Waals surface area contributed by atoms with Crippen molar-refractivity contribution in [3.8, 4) is 0 Å². The lowest BCUT2D eigenvalue weighted by Gasteiger charge is -2.40. The van der Waals surface area contributed by atoms with Gasteiger partial charge in [0.2, 0.25) is 11.8 Å². The highest BCUT2D eigenvalue weighted by atomic mass is 16.5. The molecule has 2 amide bonds. The molecule has 2 saturated heterocycles. The first-order valence-electron chi connectivity index (χ1n) is 12.0. The third kappa shape index (κ3) is 5.93. The molecule has 8 nitrogen and oxygen atoms in total. The van der Waals surface area contributed by atoms with Crippen molar-refractivity contribution in [2.24, 2.45) is 5.92 Å². The summed E-state index contributed by atoms with van der Waals surface area (Å²) in [6.45, 7) is 5.94. The molecule has 8 heteroatoms. The minimum absolute atomic E-state index is 0.0142. The molecule has 1 N–H and O–H groups in total. The third-order valence-corrected chi connectivity index (χ3v) is 6.73.